The Morgan fingerprint density at radius 1 is 1.07 bits per heavy atom. The summed E-state index contributed by atoms with van der Waals surface area (Å²) in [7, 11) is 0. The smallest absolute Gasteiger partial charge is 0.323 e. The van der Waals surface area contributed by atoms with Gasteiger partial charge in [-0.25, -0.2) is 0 Å². The number of benzene rings is 2. The van der Waals surface area contributed by atoms with Crippen LogP contribution in [-0.4, -0.2) is 57.7 Å². The zero-order valence-corrected chi connectivity index (χ0v) is 25.2. The van der Waals surface area contributed by atoms with Crippen molar-refractivity contribution < 1.29 is 28.9 Å². The van der Waals surface area contributed by atoms with Gasteiger partial charge < -0.3 is 24.6 Å². The third-order valence-electron chi connectivity index (χ3n) is 7.92. The number of ether oxygens (including phenoxy) is 3. The molecule has 3 heterocycles. The number of likely N-dealkylation sites (tertiary alicyclic amines) is 1. The van der Waals surface area contributed by atoms with E-state index in [0.29, 0.717) is 17.8 Å². The summed E-state index contributed by atoms with van der Waals surface area (Å²) < 4.78 is 19.0. The average Bonchev–Trinajstić information content (AvgIpc) is 3.46. The van der Waals surface area contributed by atoms with Crippen molar-refractivity contribution in [1.29, 1.82) is 0 Å². The molecule has 9 nitrogen and oxygen atoms in total. The SMILES string of the molecule is CC1C(CN2CCCC2C(=O)OC(C)(C)C)OC(c2cccc(NC(=O)c3cccnc3)c2)OC1c1ccc(CO)cc1. The summed E-state index contributed by atoms with van der Waals surface area (Å²) in [4.78, 5) is 32.0. The quantitative estimate of drug-likeness (QED) is 0.336. The first-order valence-electron chi connectivity index (χ1n) is 14.9. The number of aromatic nitrogens is 1. The van der Waals surface area contributed by atoms with E-state index in [9.17, 15) is 14.7 Å². The second-order valence-electron chi connectivity index (χ2n) is 12.3. The Bertz CT molecular complexity index is 1390. The monoisotopic (exact) mass is 587 g/mol. The van der Waals surface area contributed by atoms with Crippen molar-refractivity contribution in [3.8, 4) is 0 Å². The van der Waals surface area contributed by atoms with E-state index >= 15 is 0 Å². The van der Waals surface area contributed by atoms with Crippen LogP contribution in [0, 0.1) is 5.92 Å². The van der Waals surface area contributed by atoms with Gasteiger partial charge >= 0.3 is 5.97 Å². The Hall–Kier alpha value is -3.63. The van der Waals surface area contributed by atoms with E-state index < -0.39 is 11.9 Å². The van der Waals surface area contributed by atoms with Crippen LogP contribution in [0.5, 0.6) is 0 Å². The van der Waals surface area contributed by atoms with Crippen molar-refractivity contribution in [2.75, 3.05) is 18.4 Å². The minimum absolute atomic E-state index is 0.0334. The van der Waals surface area contributed by atoms with Gasteiger partial charge in [-0.3, -0.25) is 19.5 Å². The lowest BCUT2D eigenvalue weighted by Gasteiger charge is -2.43. The van der Waals surface area contributed by atoms with Crippen LogP contribution in [0.1, 0.15) is 80.0 Å². The molecule has 0 radical (unpaired) electrons. The van der Waals surface area contributed by atoms with Crippen LogP contribution in [0.2, 0.25) is 0 Å². The summed E-state index contributed by atoms with van der Waals surface area (Å²) in [6.07, 6.45) is 3.55. The number of anilines is 1. The van der Waals surface area contributed by atoms with Gasteiger partial charge in [0.25, 0.3) is 5.91 Å². The number of carbonyl (C=O) groups is 2. The molecular weight excluding hydrogens is 546 g/mol. The maximum atomic E-state index is 13.1. The van der Waals surface area contributed by atoms with Crippen LogP contribution in [0.4, 0.5) is 5.69 Å². The van der Waals surface area contributed by atoms with Crippen LogP contribution >= 0.6 is 0 Å². The average molecular weight is 588 g/mol. The van der Waals surface area contributed by atoms with Gasteiger partial charge in [-0.2, -0.15) is 0 Å². The Labute approximate surface area is 253 Å². The number of hydrogen-bond donors (Lipinski definition) is 2. The van der Waals surface area contributed by atoms with Gasteiger partial charge in [0.15, 0.2) is 6.29 Å². The number of nitrogens with zero attached hydrogens (tertiary/aromatic N) is 2. The molecule has 1 amide bonds. The molecule has 9 heteroatoms. The van der Waals surface area contributed by atoms with Crippen molar-refractivity contribution >= 4 is 17.6 Å². The fraction of sp³-hybridized carbons (Fsp3) is 0.441. The largest absolute Gasteiger partial charge is 0.459 e. The summed E-state index contributed by atoms with van der Waals surface area (Å²) in [6.45, 7) is 9.07. The lowest BCUT2D eigenvalue weighted by atomic mass is 9.90. The van der Waals surface area contributed by atoms with Gasteiger partial charge in [0.1, 0.15) is 11.6 Å². The molecule has 43 heavy (non-hydrogen) atoms. The second kappa shape index (κ2) is 13.3. The highest BCUT2D eigenvalue weighted by atomic mass is 16.7. The molecule has 2 N–H and O–H groups in total. The van der Waals surface area contributed by atoms with E-state index in [1.54, 1.807) is 18.3 Å². The zero-order chi connectivity index (χ0) is 30.6. The van der Waals surface area contributed by atoms with Crippen LogP contribution in [0.3, 0.4) is 0 Å². The van der Waals surface area contributed by atoms with Gasteiger partial charge in [-0.1, -0.05) is 43.3 Å². The standard InChI is InChI=1S/C34H41N3O6/c1-22-29(20-37-17-7-11-28(37)32(40)43-34(2,3)4)41-33(42-30(22)24-14-12-23(21-38)13-15-24)25-8-5-10-27(18-25)36-31(39)26-9-6-16-35-19-26/h5-6,8-10,12-16,18-19,22,28-30,33,38H,7,11,17,20-21H2,1-4H3,(H,36,39). The molecule has 0 spiro atoms. The number of amides is 1. The highest BCUT2D eigenvalue weighted by Gasteiger charge is 2.42. The van der Waals surface area contributed by atoms with Crippen LogP contribution in [0.15, 0.2) is 73.1 Å². The fourth-order valence-electron chi connectivity index (χ4n) is 5.70. The summed E-state index contributed by atoms with van der Waals surface area (Å²) in [5, 5.41) is 12.5. The molecule has 228 valence electrons. The maximum Gasteiger partial charge on any atom is 0.323 e. The molecule has 0 saturated carbocycles. The summed E-state index contributed by atoms with van der Waals surface area (Å²) in [5.74, 6) is -0.495. The van der Waals surface area contributed by atoms with Gasteiger partial charge in [0.05, 0.1) is 24.4 Å². The lowest BCUT2D eigenvalue weighted by Crippen LogP contribution is -2.48. The van der Waals surface area contributed by atoms with Crippen LogP contribution in [-0.2, 0) is 25.6 Å². The molecule has 3 aromatic rings. The number of nitrogens with one attached hydrogen (secondary N) is 1. The molecule has 0 aliphatic carbocycles. The molecule has 2 fully saturated rings. The fourth-order valence-corrected chi connectivity index (χ4v) is 5.70. The Balaban J connectivity index is 1.39. The highest BCUT2D eigenvalue weighted by molar-refractivity contribution is 6.04. The Morgan fingerprint density at radius 2 is 1.86 bits per heavy atom. The van der Waals surface area contributed by atoms with Gasteiger partial charge in [-0.05, 0) is 75.5 Å². The second-order valence-corrected chi connectivity index (χ2v) is 12.3. The molecule has 0 bridgehead atoms. The molecule has 2 aliphatic heterocycles. The normalized spacial score (nSPS) is 24.4. The predicted molar refractivity (Wildman–Crippen MR) is 162 cm³/mol. The van der Waals surface area contributed by atoms with Crippen molar-refractivity contribution in [1.82, 2.24) is 9.88 Å². The highest BCUT2D eigenvalue weighted by Crippen LogP contribution is 2.42. The van der Waals surface area contributed by atoms with E-state index in [0.717, 1.165) is 36.1 Å². The first-order valence-corrected chi connectivity index (χ1v) is 14.9. The van der Waals surface area contributed by atoms with Crippen LogP contribution in [0.25, 0.3) is 0 Å². The number of rotatable bonds is 8. The zero-order valence-electron chi connectivity index (χ0n) is 25.2. The first kappa shape index (κ1) is 30.8. The maximum absolute atomic E-state index is 13.1. The number of carbonyl (C=O) groups excluding carboxylic acids is 2. The topological polar surface area (TPSA) is 110 Å². The van der Waals surface area contributed by atoms with Gasteiger partial charge in [0, 0.05) is 36.1 Å². The number of hydrogen-bond acceptors (Lipinski definition) is 8. The minimum atomic E-state index is -0.707. The Morgan fingerprint density at radius 3 is 2.56 bits per heavy atom. The Kier molecular flexibility index (Phi) is 9.56. The van der Waals surface area contributed by atoms with E-state index in [4.69, 9.17) is 14.2 Å². The minimum Gasteiger partial charge on any atom is -0.459 e. The molecule has 1 aromatic heterocycles. The molecule has 2 saturated heterocycles. The molecule has 2 aliphatic rings. The number of pyridine rings is 1. The van der Waals surface area contributed by atoms with E-state index in [1.165, 1.54) is 6.20 Å². The van der Waals surface area contributed by atoms with Gasteiger partial charge in [-0.15, -0.1) is 0 Å². The third kappa shape index (κ3) is 7.67. The summed E-state index contributed by atoms with van der Waals surface area (Å²) >= 11 is 0. The van der Waals surface area contributed by atoms with Crippen LogP contribution < -0.4 is 5.32 Å². The molecular formula is C34H41N3O6. The van der Waals surface area contributed by atoms with Gasteiger partial charge in [0.2, 0.25) is 0 Å². The predicted octanol–water partition coefficient (Wildman–Crippen LogP) is 5.42. The number of aliphatic hydroxyl groups is 1. The van der Waals surface area contributed by atoms with Crippen molar-refractivity contribution in [3.05, 3.63) is 95.3 Å². The van der Waals surface area contributed by atoms with Crippen molar-refractivity contribution in [2.45, 2.75) is 77.3 Å². The lowest BCUT2D eigenvalue weighted by molar-refractivity contribution is -0.276. The van der Waals surface area contributed by atoms with Crippen molar-refractivity contribution in [2.24, 2.45) is 5.92 Å². The number of aliphatic hydroxyl groups excluding tert-OH is 1. The summed E-state index contributed by atoms with van der Waals surface area (Å²) in [5.41, 5.74) is 3.09. The first-order chi connectivity index (χ1) is 20.6. The summed E-state index contributed by atoms with van der Waals surface area (Å²) in [6, 6.07) is 18.3. The van der Waals surface area contributed by atoms with E-state index in [1.807, 2.05) is 69.3 Å². The third-order valence-corrected chi connectivity index (χ3v) is 7.92. The molecule has 2 aromatic carbocycles. The molecule has 5 unspecified atom stereocenters. The van der Waals surface area contributed by atoms with E-state index in [2.05, 4.69) is 22.1 Å². The van der Waals surface area contributed by atoms with Crippen molar-refractivity contribution in [3.63, 3.8) is 0 Å². The number of esters is 1. The molecule has 5 rings (SSSR count). The molecule has 5 atom stereocenters. The van der Waals surface area contributed by atoms with E-state index in [-0.39, 0.29) is 42.7 Å².